The van der Waals surface area contributed by atoms with E-state index in [1.54, 1.807) is 12.5 Å². The fourth-order valence-electron chi connectivity index (χ4n) is 3.33. The second kappa shape index (κ2) is 8.95. The average molecular weight is 412 g/mol. The first-order valence-corrected chi connectivity index (χ1v) is 10.5. The normalized spacial score (nSPS) is 14.1. The summed E-state index contributed by atoms with van der Waals surface area (Å²) < 4.78 is 2.02. The molecule has 2 unspecified atom stereocenters. The number of imidazole rings is 1. The van der Waals surface area contributed by atoms with Crippen LogP contribution in [-0.4, -0.2) is 41.8 Å². The summed E-state index contributed by atoms with van der Waals surface area (Å²) >= 11 is 0. The van der Waals surface area contributed by atoms with Gasteiger partial charge in [-0.05, 0) is 37.8 Å². The summed E-state index contributed by atoms with van der Waals surface area (Å²) in [5.74, 6) is 1.12. The molecule has 0 fully saturated rings. The maximum Gasteiger partial charge on any atom is 0.227 e. The van der Waals surface area contributed by atoms with Gasteiger partial charge in [-0.2, -0.15) is 9.97 Å². The van der Waals surface area contributed by atoms with E-state index in [0.717, 1.165) is 23.3 Å². The molecule has 0 bridgehead atoms. The quantitative estimate of drug-likeness (QED) is 0.515. The minimum atomic E-state index is -0.540. The highest BCUT2D eigenvalue weighted by Gasteiger charge is 2.30. The highest BCUT2D eigenvalue weighted by molar-refractivity contribution is 5.84. The maximum absolute atomic E-state index is 10.8. The fourth-order valence-corrected chi connectivity index (χ4v) is 3.33. The van der Waals surface area contributed by atoms with Crippen LogP contribution in [0.15, 0.2) is 30.7 Å². The van der Waals surface area contributed by atoms with E-state index in [4.69, 9.17) is 9.97 Å². The monoisotopic (exact) mass is 411 g/mol. The molecule has 0 saturated carbocycles. The number of hydrogen-bond acceptors (Lipinski definition) is 7. The number of aromatic nitrogens is 5. The maximum atomic E-state index is 10.8. The van der Waals surface area contributed by atoms with Crippen molar-refractivity contribution in [3.8, 4) is 0 Å². The van der Waals surface area contributed by atoms with E-state index in [-0.39, 0.29) is 17.5 Å². The van der Waals surface area contributed by atoms with Crippen LogP contribution >= 0.6 is 0 Å². The Kier molecular flexibility index (Phi) is 6.55. The zero-order chi connectivity index (χ0) is 21.9. The second-order valence-electron chi connectivity index (χ2n) is 8.96. The van der Waals surface area contributed by atoms with Crippen LogP contribution < -0.4 is 10.6 Å². The van der Waals surface area contributed by atoms with Gasteiger partial charge in [0.05, 0.1) is 30.7 Å². The minimum absolute atomic E-state index is 0.165. The van der Waals surface area contributed by atoms with Crippen molar-refractivity contribution in [1.82, 2.24) is 24.5 Å². The van der Waals surface area contributed by atoms with Crippen LogP contribution in [-0.2, 0) is 6.54 Å². The van der Waals surface area contributed by atoms with Crippen molar-refractivity contribution in [2.24, 2.45) is 5.41 Å². The molecule has 162 valence electrons. The Labute approximate surface area is 178 Å². The molecule has 8 nitrogen and oxygen atoms in total. The fraction of sp³-hybridized carbons (Fsp3) is 0.545. The van der Waals surface area contributed by atoms with E-state index < -0.39 is 6.10 Å². The van der Waals surface area contributed by atoms with Gasteiger partial charge in [-0.15, -0.1) is 0 Å². The molecular weight excluding hydrogens is 378 g/mol. The van der Waals surface area contributed by atoms with E-state index in [1.165, 1.54) is 0 Å². The smallest absolute Gasteiger partial charge is 0.227 e. The zero-order valence-corrected chi connectivity index (χ0v) is 18.7. The van der Waals surface area contributed by atoms with Crippen molar-refractivity contribution in [3.05, 3.63) is 36.4 Å². The molecule has 0 amide bonds. The van der Waals surface area contributed by atoms with Gasteiger partial charge < -0.3 is 20.3 Å². The molecule has 2 atom stereocenters. The summed E-state index contributed by atoms with van der Waals surface area (Å²) in [4.78, 5) is 18.3. The van der Waals surface area contributed by atoms with Gasteiger partial charge in [0, 0.05) is 12.2 Å². The Balaban J connectivity index is 1.96. The lowest BCUT2D eigenvalue weighted by molar-refractivity contribution is 0.0451. The van der Waals surface area contributed by atoms with Gasteiger partial charge in [0.25, 0.3) is 0 Å². The van der Waals surface area contributed by atoms with Gasteiger partial charge >= 0.3 is 0 Å². The van der Waals surface area contributed by atoms with Crippen LogP contribution in [0.2, 0.25) is 0 Å². The molecule has 3 aromatic rings. The minimum Gasteiger partial charge on any atom is -0.390 e. The topological polar surface area (TPSA) is 101 Å². The molecule has 0 aliphatic rings. The first-order chi connectivity index (χ1) is 14.2. The molecule has 0 aliphatic heterocycles. The van der Waals surface area contributed by atoms with Crippen molar-refractivity contribution in [2.45, 2.75) is 72.7 Å². The molecule has 0 aliphatic carbocycles. The molecule has 0 saturated heterocycles. The highest BCUT2D eigenvalue weighted by Crippen LogP contribution is 2.27. The molecule has 0 aromatic carbocycles. The Morgan fingerprint density at radius 2 is 1.90 bits per heavy atom. The summed E-state index contributed by atoms with van der Waals surface area (Å²) in [5.41, 5.74) is 2.13. The third kappa shape index (κ3) is 4.87. The van der Waals surface area contributed by atoms with E-state index in [0.29, 0.717) is 18.3 Å². The van der Waals surface area contributed by atoms with E-state index >= 15 is 0 Å². The van der Waals surface area contributed by atoms with Crippen LogP contribution in [0.1, 0.15) is 59.7 Å². The van der Waals surface area contributed by atoms with Crippen molar-refractivity contribution in [2.75, 3.05) is 10.6 Å². The SMILES string of the molecule is CCC(Nc1nc(NCc2ccccn2)c2ncn(C(C)C)c2n1)C(O)C(C)(C)C. The van der Waals surface area contributed by atoms with Crippen LogP contribution in [0, 0.1) is 5.41 Å². The first-order valence-electron chi connectivity index (χ1n) is 10.5. The number of anilines is 2. The van der Waals surface area contributed by atoms with Crippen LogP contribution in [0.5, 0.6) is 0 Å². The zero-order valence-electron chi connectivity index (χ0n) is 18.7. The van der Waals surface area contributed by atoms with Gasteiger partial charge in [-0.1, -0.05) is 33.8 Å². The largest absolute Gasteiger partial charge is 0.390 e. The molecular formula is C22H33N7O. The molecule has 3 aromatic heterocycles. The van der Waals surface area contributed by atoms with Crippen molar-refractivity contribution in [1.29, 1.82) is 0 Å². The molecule has 0 radical (unpaired) electrons. The number of nitrogens with one attached hydrogen (secondary N) is 2. The lowest BCUT2D eigenvalue weighted by Gasteiger charge is -2.33. The standard InChI is InChI=1S/C22H33N7O/c1-7-16(18(30)22(4,5)6)26-21-27-19(24-12-15-10-8-9-11-23-15)17-20(28-21)29(13-25-17)14(2)3/h8-11,13-14,16,18,30H,7,12H2,1-6H3,(H2,24,26,27,28). The number of pyridine rings is 1. The Bertz CT molecular complexity index is 963. The summed E-state index contributed by atoms with van der Waals surface area (Å²) in [6.07, 6.45) is 3.77. The van der Waals surface area contributed by atoms with E-state index in [2.05, 4.69) is 34.4 Å². The summed E-state index contributed by atoms with van der Waals surface area (Å²) in [6, 6.07) is 5.86. The summed E-state index contributed by atoms with van der Waals surface area (Å²) in [7, 11) is 0. The number of hydrogen-bond donors (Lipinski definition) is 3. The van der Waals surface area contributed by atoms with Gasteiger partial charge in [0.1, 0.15) is 0 Å². The predicted octanol–water partition coefficient (Wildman–Crippen LogP) is 4.01. The predicted molar refractivity (Wildman–Crippen MR) is 120 cm³/mol. The lowest BCUT2D eigenvalue weighted by atomic mass is 9.84. The molecule has 3 N–H and O–H groups in total. The lowest BCUT2D eigenvalue weighted by Crippen LogP contribution is -2.42. The van der Waals surface area contributed by atoms with Crippen LogP contribution in [0.25, 0.3) is 11.2 Å². The highest BCUT2D eigenvalue weighted by atomic mass is 16.3. The van der Waals surface area contributed by atoms with Gasteiger partial charge in [-0.3, -0.25) is 4.98 Å². The molecule has 30 heavy (non-hydrogen) atoms. The van der Waals surface area contributed by atoms with Gasteiger partial charge in [0.2, 0.25) is 5.95 Å². The van der Waals surface area contributed by atoms with Gasteiger partial charge in [-0.25, -0.2) is 4.98 Å². The Morgan fingerprint density at radius 1 is 1.13 bits per heavy atom. The number of aliphatic hydroxyl groups excluding tert-OH is 1. The molecule has 0 spiro atoms. The van der Waals surface area contributed by atoms with E-state index in [9.17, 15) is 5.11 Å². The van der Waals surface area contributed by atoms with Crippen LogP contribution in [0.4, 0.5) is 11.8 Å². The summed E-state index contributed by atoms with van der Waals surface area (Å²) in [6.45, 7) is 12.8. The molecule has 8 heteroatoms. The van der Waals surface area contributed by atoms with Gasteiger partial charge in [0.15, 0.2) is 17.0 Å². The molecule has 3 rings (SSSR count). The van der Waals surface area contributed by atoms with Crippen LogP contribution in [0.3, 0.4) is 0 Å². The number of rotatable bonds is 8. The second-order valence-corrected chi connectivity index (χ2v) is 8.96. The van der Waals surface area contributed by atoms with Crippen molar-refractivity contribution >= 4 is 22.9 Å². The number of aliphatic hydroxyl groups is 1. The van der Waals surface area contributed by atoms with E-state index in [1.807, 2.05) is 50.5 Å². The summed E-state index contributed by atoms with van der Waals surface area (Å²) in [5, 5.41) is 17.5. The third-order valence-electron chi connectivity index (χ3n) is 5.16. The average Bonchev–Trinajstić information content (AvgIpc) is 3.14. The number of nitrogens with zero attached hydrogens (tertiary/aromatic N) is 5. The molecule has 3 heterocycles. The van der Waals surface area contributed by atoms with Crippen molar-refractivity contribution < 1.29 is 5.11 Å². The first kappa shape index (κ1) is 22.0. The third-order valence-corrected chi connectivity index (χ3v) is 5.16. The number of fused-ring (bicyclic) bond motifs is 1. The Hall–Kier alpha value is -2.74. The van der Waals surface area contributed by atoms with Crippen molar-refractivity contribution in [3.63, 3.8) is 0 Å². The Morgan fingerprint density at radius 3 is 2.50 bits per heavy atom.